The van der Waals surface area contributed by atoms with Crippen LogP contribution in [0.3, 0.4) is 0 Å². The molecule has 0 radical (unpaired) electrons. The molecule has 0 heterocycles. The van der Waals surface area contributed by atoms with Crippen LogP contribution in [0.2, 0.25) is 0 Å². The Kier molecular flexibility index (Phi) is 6.91. The predicted octanol–water partition coefficient (Wildman–Crippen LogP) is 3.38. The van der Waals surface area contributed by atoms with Crippen LogP contribution in [0.15, 0.2) is 30.3 Å². The average Bonchev–Trinajstić information content (AvgIpc) is 3.40. The lowest BCUT2D eigenvalue weighted by Crippen LogP contribution is -2.34. The number of esters is 1. The van der Waals surface area contributed by atoms with Crippen molar-refractivity contribution in [2.24, 2.45) is 5.92 Å². The SMILES string of the molecule is COC(=O)CCCCN(CC1CC1)C(=O)OCc1ccccc1. The molecule has 1 fully saturated rings. The van der Waals surface area contributed by atoms with Crippen LogP contribution in [0.25, 0.3) is 0 Å². The predicted molar refractivity (Wildman–Crippen MR) is 86.8 cm³/mol. The highest BCUT2D eigenvalue weighted by Gasteiger charge is 2.27. The molecule has 23 heavy (non-hydrogen) atoms. The molecule has 0 spiro atoms. The van der Waals surface area contributed by atoms with Crippen LogP contribution >= 0.6 is 0 Å². The highest BCUT2D eigenvalue weighted by Crippen LogP contribution is 2.30. The highest BCUT2D eigenvalue weighted by molar-refractivity contribution is 5.69. The number of methoxy groups -OCH3 is 1. The smallest absolute Gasteiger partial charge is 0.410 e. The van der Waals surface area contributed by atoms with Gasteiger partial charge in [-0.1, -0.05) is 30.3 Å². The fourth-order valence-corrected chi connectivity index (χ4v) is 2.35. The van der Waals surface area contributed by atoms with E-state index in [1.807, 2.05) is 30.3 Å². The summed E-state index contributed by atoms with van der Waals surface area (Å²) in [5.41, 5.74) is 0.984. The Balaban J connectivity index is 1.74. The summed E-state index contributed by atoms with van der Waals surface area (Å²) in [6, 6.07) is 9.67. The van der Waals surface area contributed by atoms with E-state index in [1.54, 1.807) is 4.90 Å². The molecule has 0 atom stereocenters. The van der Waals surface area contributed by atoms with Gasteiger partial charge in [0.05, 0.1) is 7.11 Å². The summed E-state index contributed by atoms with van der Waals surface area (Å²) in [5.74, 6) is 0.408. The Morgan fingerprint density at radius 2 is 1.91 bits per heavy atom. The van der Waals surface area contributed by atoms with E-state index in [0.29, 0.717) is 25.5 Å². The molecule has 1 aromatic rings. The monoisotopic (exact) mass is 319 g/mol. The number of carbonyl (C=O) groups is 2. The van der Waals surface area contributed by atoms with E-state index >= 15 is 0 Å². The second-order valence-electron chi connectivity index (χ2n) is 5.96. The first kappa shape index (κ1) is 17.3. The van der Waals surface area contributed by atoms with Crippen LogP contribution in [0.5, 0.6) is 0 Å². The Morgan fingerprint density at radius 3 is 2.57 bits per heavy atom. The number of hydrogen-bond donors (Lipinski definition) is 0. The fraction of sp³-hybridized carbons (Fsp3) is 0.556. The number of ether oxygens (including phenoxy) is 2. The fourth-order valence-electron chi connectivity index (χ4n) is 2.35. The summed E-state index contributed by atoms with van der Waals surface area (Å²) in [5, 5.41) is 0. The average molecular weight is 319 g/mol. The molecule has 1 aliphatic rings. The Bertz CT molecular complexity index is 499. The molecule has 2 rings (SSSR count). The lowest BCUT2D eigenvalue weighted by molar-refractivity contribution is -0.140. The van der Waals surface area contributed by atoms with Gasteiger partial charge in [0.15, 0.2) is 0 Å². The molecule has 1 aromatic carbocycles. The van der Waals surface area contributed by atoms with E-state index in [9.17, 15) is 9.59 Å². The van der Waals surface area contributed by atoms with E-state index in [1.165, 1.54) is 20.0 Å². The molecule has 1 aliphatic carbocycles. The summed E-state index contributed by atoms with van der Waals surface area (Å²) in [7, 11) is 1.39. The summed E-state index contributed by atoms with van der Waals surface area (Å²) in [6.45, 7) is 1.68. The van der Waals surface area contributed by atoms with Crippen molar-refractivity contribution in [2.75, 3.05) is 20.2 Å². The van der Waals surface area contributed by atoms with Crippen molar-refractivity contribution < 1.29 is 19.1 Å². The van der Waals surface area contributed by atoms with Crippen LogP contribution in [0, 0.1) is 5.92 Å². The van der Waals surface area contributed by atoms with E-state index in [0.717, 1.165) is 24.9 Å². The van der Waals surface area contributed by atoms with Gasteiger partial charge in [-0.3, -0.25) is 4.79 Å². The Morgan fingerprint density at radius 1 is 1.17 bits per heavy atom. The van der Waals surface area contributed by atoms with Gasteiger partial charge in [-0.2, -0.15) is 0 Å². The van der Waals surface area contributed by atoms with Gasteiger partial charge in [0.25, 0.3) is 0 Å². The van der Waals surface area contributed by atoms with Gasteiger partial charge < -0.3 is 14.4 Å². The molecule has 0 saturated heterocycles. The molecule has 0 aromatic heterocycles. The number of carbonyl (C=O) groups excluding carboxylic acids is 2. The van der Waals surface area contributed by atoms with E-state index in [-0.39, 0.29) is 12.1 Å². The van der Waals surface area contributed by atoms with Gasteiger partial charge in [0.1, 0.15) is 6.61 Å². The van der Waals surface area contributed by atoms with E-state index in [4.69, 9.17) is 4.74 Å². The molecule has 0 unspecified atom stereocenters. The maximum atomic E-state index is 12.3. The summed E-state index contributed by atoms with van der Waals surface area (Å²) in [4.78, 5) is 25.2. The molecule has 5 heteroatoms. The van der Waals surface area contributed by atoms with Crippen LogP contribution in [0.1, 0.15) is 37.7 Å². The zero-order chi connectivity index (χ0) is 16.5. The number of hydrogen-bond acceptors (Lipinski definition) is 4. The third-order valence-electron chi connectivity index (χ3n) is 3.93. The van der Waals surface area contributed by atoms with Crippen molar-refractivity contribution in [3.8, 4) is 0 Å². The quantitative estimate of drug-likeness (QED) is 0.517. The molecule has 0 bridgehead atoms. The summed E-state index contributed by atoms with van der Waals surface area (Å²) < 4.78 is 10.0. The maximum absolute atomic E-state index is 12.3. The number of unbranched alkanes of at least 4 members (excludes halogenated alkanes) is 1. The summed E-state index contributed by atoms with van der Waals surface area (Å²) >= 11 is 0. The lowest BCUT2D eigenvalue weighted by Gasteiger charge is -2.22. The van der Waals surface area contributed by atoms with Gasteiger partial charge in [-0.15, -0.1) is 0 Å². The van der Waals surface area contributed by atoms with Gasteiger partial charge >= 0.3 is 12.1 Å². The van der Waals surface area contributed by atoms with Crippen LogP contribution in [-0.2, 0) is 20.9 Å². The summed E-state index contributed by atoms with van der Waals surface area (Å²) in [6.07, 6.45) is 4.00. The first-order chi connectivity index (χ1) is 11.2. The number of benzene rings is 1. The molecule has 0 N–H and O–H groups in total. The minimum atomic E-state index is -0.265. The lowest BCUT2D eigenvalue weighted by atomic mass is 10.2. The normalized spacial score (nSPS) is 13.4. The molecule has 1 saturated carbocycles. The second-order valence-corrected chi connectivity index (χ2v) is 5.96. The van der Waals surface area contributed by atoms with E-state index < -0.39 is 0 Å². The molecular formula is C18H25NO4. The molecule has 126 valence electrons. The van der Waals surface area contributed by atoms with Crippen LogP contribution in [0.4, 0.5) is 4.79 Å². The first-order valence-corrected chi connectivity index (χ1v) is 8.21. The van der Waals surface area contributed by atoms with Crippen molar-refractivity contribution in [3.05, 3.63) is 35.9 Å². The molecule has 5 nitrogen and oxygen atoms in total. The molecular weight excluding hydrogens is 294 g/mol. The Labute approximate surface area is 137 Å². The third-order valence-corrected chi connectivity index (χ3v) is 3.93. The largest absolute Gasteiger partial charge is 0.469 e. The molecule has 1 amide bonds. The first-order valence-electron chi connectivity index (χ1n) is 8.21. The third kappa shape index (κ3) is 6.72. The minimum absolute atomic E-state index is 0.203. The van der Waals surface area contributed by atoms with Crippen molar-refractivity contribution >= 4 is 12.1 Å². The van der Waals surface area contributed by atoms with Crippen molar-refractivity contribution in [1.29, 1.82) is 0 Å². The van der Waals surface area contributed by atoms with Crippen LogP contribution in [-0.4, -0.2) is 37.2 Å². The number of amides is 1. The van der Waals surface area contributed by atoms with Crippen molar-refractivity contribution in [2.45, 2.75) is 38.7 Å². The number of nitrogens with zero attached hydrogens (tertiary/aromatic N) is 1. The standard InChI is InChI=1S/C18H25NO4/c1-22-17(20)9-5-6-12-19(13-15-10-11-15)18(21)23-14-16-7-3-2-4-8-16/h2-4,7-8,15H,5-6,9-14H2,1H3. The van der Waals surface area contributed by atoms with Gasteiger partial charge in [0.2, 0.25) is 0 Å². The van der Waals surface area contributed by atoms with Crippen molar-refractivity contribution in [3.63, 3.8) is 0 Å². The van der Waals surface area contributed by atoms with E-state index in [2.05, 4.69) is 4.74 Å². The molecule has 0 aliphatic heterocycles. The van der Waals surface area contributed by atoms with Gasteiger partial charge in [0, 0.05) is 19.5 Å². The van der Waals surface area contributed by atoms with Crippen molar-refractivity contribution in [1.82, 2.24) is 4.90 Å². The van der Waals surface area contributed by atoms with Gasteiger partial charge in [-0.05, 0) is 37.2 Å². The second kappa shape index (κ2) is 9.18. The topological polar surface area (TPSA) is 55.8 Å². The maximum Gasteiger partial charge on any atom is 0.410 e. The minimum Gasteiger partial charge on any atom is -0.469 e. The van der Waals surface area contributed by atoms with Crippen LogP contribution < -0.4 is 0 Å². The zero-order valence-corrected chi connectivity index (χ0v) is 13.7. The zero-order valence-electron chi connectivity index (χ0n) is 13.7. The highest BCUT2D eigenvalue weighted by atomic mass is 16.6. The van der Waals surface area contributed by atoms with Gasteiger partial charge in [-0.25, -0.2) is 4.79 Å². The number of rotatable bonds is 9. The Hall–Kier alpha value is -2.04.